The smallest absolute Gasteiger partial charge is 0.0386 e. The van der Waals surface area contributed by atoms with E-state index < -0.39 is 0 Å². The van der Waals surface area contributed by atoms with E-state index in [2.05, 4.69) is 48.5 Å². The summed E-state index contributed by atoms with van der Waals surface area (Å²) >= 11 is 0. The molecule has 0 heteroatoms. The molecule has 104 valence electrons. The largest absolute Gasteiger partial charge is 0.0654 e. The van der Waals surface area contributed by atoms with Crippen LogP contribution >= 0.6 is 0 Å². The van der Waals surface area contributed by atoms with Gasteiger partial charge in [0.2, 0.25) is 0 Å². The molecule has 0 bridgehead atoms. The molecular weight excluding hydrogens is 204 g/mol. The first kappa shape index (κ1) is 17.0. The van der Waals surface area contributed by atoms with E-state index in [1.165, 1.54) is 32.1 Å². The van der Waals surface area contributed by atoms with Gasteiger partial charge in [0.05, 0.1) is 0 Å². The third-order valence-electron chi connectivity index (χ3n) is 5.04. The monoisotopic (exact) mass is 240 g/mol. The van der Waals surface area contributed by atoms with Gasteiger partial charge >= 0.3 is 0 Å². The molecule has 0 aromatic rings. The van der Waals surface area contributed by atoms with E-state index in [1.807, 2.05) is 0 Å². The summed E-state index contributed by atoms with van der Waals surface area (Å²) in [7, 11) is 0. The topological polar surface area (TPSA) is 0 Å². The minimum atomic E-state index is 0.820. The zero-order valence-corrected chi connectivity index (χ0v) is 13.4. The second-order valence-corrected chi connectivity index (χ2v) is 6.51. The van der Waals surface area contributed by atoms with Crippen molar-refractivity contribution in [3.8, 4) is 0 Å². The molecule has 0 fully saturated rings. The molecule has 0 N–H and O–H groups in total. The molecule has 17 heavy (non-hydrogen) atoms. The maximum atomic E-state index is 2.50. The van der Waals surface area contributed by atoms with Crippen LogP contribution in [-0.2, 0) is 0 Å². The third kappa shape index (κ3) is 5.93. The highest BCUT2D eigenvalue weighted by atomic mass is 14.3. The summed E-state index contributed by atoms with van der Waals surface area (Å²) in [5, 5.41) is 0. The van der Waals surface area contributed by atoms with Gasteiger partial charge in [-0.25, -0.2) is 0 Å². The lowest BCUT2D eigenvalue weighted by atomic mass is 9.71. The van der Waals surface area contributed by atoms with Crippen LogP contribution in [0.5, 0.6) is 0 Å². The highest BCUT2D eigenvalue weighted by Gasteiger charge is 2.26. The van der Waals surface area contributed by atoms with Crippen LogP contribution in [0.2, 0.25) is 0 Å². The lowest BCUT2D eigenvalue weighted by Crippen LogP contribution is -2.26. The van der Waals surface area contributed by atoms with Gasteiger partial charge in [0.25, 0.3) is 0 Å². The van der Waals surface area contributed by atoms with E-state index in [0.29, 0.717) is 0 Å². The maximum Gasteiger partial charge on any atom is -0.0386 e. The van der Waals surface area contributed by atoms with E-state index in [1.54, 1.807) is 0 Å². The van der Waals surface area contributed by atoms with Crippen LogP contribution in [0, 0.1) is 29.6 Å². The lowest BCUT2D eigenvalue weighted by Gasteiger charge is -2.34. The molecule has 0 aliphatic rings. The van der Waals surface area contributed by atoms with Gasteiger partial charge in [0, 0.05) is 0 Å². The first-order valence-corrected chi connectivity index (χ1v) is 7.95. The third-order valence-corrected chi connectivity index (χ3v) is 5.04. The maximum absolute atomic E-state index is 2.50. The molecule has 0 aromatic heterocycles. The van der Waals surface area contributed by atoms with Crippen molar-refractivity contribution in [2.45, 2.75) is 80.6 Å². The number of hydrogen-bond acceptors (Lipinski definition) is 0. The molecule has 0 radical (unpaired) electrons. The van der Waals surface area contributed by atoms with Gasteiger partial charge in [-0.2, -0.15) is 0 Å². The summed E-state index contributed by atoms with van der Waals surface area (Å²) in [6.45, 7) is 16.8. The van der Waals surface area contributed by atoms with Crippen molar-refractivity contribution >= 4 is 0 Å². The molecule has 0 aromatic carbocycles. The van der Waals surface area contributed by atoms with Crippen LogP contribution in [0.4, 0.5) is 0 Å². The van der Waals surface area contributed by atoms with Gasteiger partial charge in [0.1, 0.15) is 0 Å². The molecule has 0 saturated carbocycles. The molecule has 0 aliphatic carbocycles. The molecule has 0 spiro atoms. The summed E-state index contributed by atoms with van der Waals surface area (Å²) in [5.41, 5.74) is 0. The number of hydrogen-bond donors (Lipinski definition) is 0. The Bertz CT molecular complexity index is 171. The van der Waals surface area contributed by atoms with Crippen molar-refractivity contribution in [3.05, 3.63) is 0 Å². The van der Waals surface area contributed by atoms with Crippen molar-refractivity contribution in [3.63, 3.8) is 0 Å². The Kier molecular flexibility index (Phi) is 9.00. The predicted molar refractivity (Wildman–Crippen MR) is 80.3 cm³/mol. The Hall–Kier alpha value is 0. The fraction of sp³-hybridized carbons (Fsp3) is 1.00. The quantitative estimate of drug-likeness (QED) is 0.453. The normalized spacial score (nSPS) is 19.1. The van der Waals surface area contributed by atoms with Gasteiger partial charge in [-0.3, -0.25) is 0 Å². The van der Waals surface area contributed by atoms with Crippen LogP contribution in [0.15, 0.2) is 0 Å². The Morgan fingerprint density at radius 2 is 1.24 bits per heavy atom. The Morgan fingerprint density at radius 3 is 1.65 bits per heavy atom. The standard InChI is InChI=1S/C17H36/c1-8-10-12-17(11-9-2)16(7)15(6)14(5)13(3)4/h13-17H,8-12H2,1-7H3. The van der Waals surface area contributed by atoms with Crippen molar-refractivity contribution in [2.24, 2.45) is 29.6 Å². The van der Waals surface area contributed by atoms with E-state index in [9.17, 15) is 0 Å². The minimum absolute atomic E-state index is 0.820. The zero-order chi connectivity index (χ0) is 13.4. The molecule has 0 heterocycles. The van der Waals surface area contributed by atoms with Crippen LogP contribution in [-0.4, -0.2) is 0 Å². The van der Waals surface area contributed by atoms with Gasteiger partial charge in [-0.15, -0.1) is 0 Å². The second kappa shape index (κ2) is 9.00. The van der Waals surface area contributed by atoms with E-state index in [0.717, 1.165) is 29.6 Å². The van der Waals surface area contributed by atoms with E-state index >= 15 is 0 Å². The van der Waals surface area contributed by atoms with Gasteiger partial charge in [-0.05, 0) is 29.6 Å². The highest BCUT2D eigenvalue weighted by molar-refractivity contribution is 4.76. The molecule has 4 unspecified atom stereocenters. The van der Waals surface area contributed by atoms with Crippen molar-refractivity contribution in [1.82, 2.24) is 0 Å². The predicted octanol–water partition coefficient (Wildman–Crippen LogP) is 6.16. The van der Waals surface area contributed by atoms with E-state index in [4.69, 9.17) is 0 Å². The van der Waals surface area contributed by atoms with Crippen LogP contribution < -0.4 is 0 Å². The average Bonchev–Trinajstić information content (AvgIpc) is 2.31. The summed E-state index contributed by atoms with van der Waals surface area (Å²) in [4.78, 5) is 0. The van der Waals surface area contributed by atoms with Crippen molar-refractivity contribution in [2.75, 3.05) is 0 Å². The first-order valence-electron chi connectivity index (χ1n) is 7.95. The molecule has 0 rings (SSSR count). The summed E-state index contributed by atoms with van der Waals surface area (Å²) in [6.07, 6.45) is 6.98. The molecule has 4 atom stereocenters. The molecule has 0 saturated heterocycles. The van der Waals surface area contributed by atoms with Gasteiger partial charge < -0.3 is 0 Å². The SMILES string of the molecule is CCCCC(CCC)C(C)C(C)C(C)C(C)C. The molecular formula is C17H36. The van der Waals surface area contributed by atoms with Crippen molar-refractivity contribution < 1.29 is 0 Å². The Morgan fingerprint density at radius 1 is 0.647 bits per heavy atom. The average molecular weight is 240 g/mol. The van der Waals surface area contributed by atoms with Crippen LogP contribution in [0.1, 0.15) is 80.6 Å². The lowest BCUT2D eigenvalue weighted by molar-refractivity contribution is 0.153. The summed E-state index contributed by atoms with van der Waals surface area (Å²) < 4.78 is 0. The summed E-state index contributed by atoms with van der Waals surface area (Å²) in [6, 6.07) is 0. The molecule has 0 nitrogen and oxygen atoms in total. The zero-order valence-electron chi connectivity index (χ0n) is 13.4. The highest BCUT2D eigenvalue weighted by Crippen LogP contribution is 2.35. The first-order chi connectivity index (χ1) is 7.95. The fourth-order valence-electron chi connectivity index (χ4n) is 3.02. The van der Waals surface area contributed by atoms with Gasteiger partial charge in [-0.1, -0.05) is 80.6 Å². The van der Waals surface area contributed by atoms with Gasteiger partial charge in [0.15, 0.2) is 0 Å². The molecule has 0 aliphatic heterocycles. The minimum Gasteiger partial charge on any atom is -0.0654 e. The van der Waals surface area contributed by atoms with E-state index in [-0.39, 0.29) is 0 Å². The number of rotatable bonds is 9. The van der Waals surface area contributed by atoms with Crippen LogP contribution in [0.3, 0.4) is 0 Å². The fourth-order valence-corrected chi connectivity index (χ4v) is 3.02. The molecule has 0 amide bonds. The Labute approximate surface area is 111 Å². The second-order valence-electron chi connectivity index (χ2n) is 6.51. The van der Waals surface area contributed by atoms with Crippen LogP contribution in [0.25, 0.3) is 0 Å². The summed E-state index contributed by atoms with van der Waals surface area (Å²) in [5.74, 6) is 4.38. The Balaban J connectivity index is 4.41. The number of unbranched alkanes of at least 4 members (excludes halogenated alkanes) is 1. The van der Waals surface area contributed by atoms with Crippen molar-refractivity contribution in [1.29, 1.82) is 0 Å².